The summed E-state index contributed by atoms with van der Waals surface area (Å²) in [6.45, 7) is 3.62. The molecular formula is C66H114NO8P. The van der Waals surface area contributed by atoms with Gasteiger partial charge in [0.2, 0.25) is 0 Å². The highest BCUT2D eigenvalue weighted by Crippen LogP contribution is 2.43. The molecule has 10 heteroatoms. The summed E-state index contributed by atoms with van der Waals surface area (Å²) >= 11 is 0. The van der Waals surface area contributed by atoms with E-state index in [1.54, 1.807) is 0 Å². The molecule has 0 aliphatic heterocycles. The van der Waals surface area contributed by atoms with Crippen LogP contribution in [0.4, 0.5) is 0 Å². The van der Waals surface area contributed by atoms with Crippen molar-refractivity contribution in [3.05, 3.63) is 109 Å². The van der Waals surface area contributed by atoms with Crippen LogP contribution in [0.1, 0.15) is 264 Å². The van der Waals surface area contributed by atoms with E-state index in [0.29, 0.717) is 6.42 Å². The van der Waals surface area contributed by atoms with Crippen LogP contribution in [0.3, 0.4) is 0 Å². The molecule has 0 fully saturated rings. The smallest absolute Gasteiger partial charge is 0.462 e. The maximum atomic E-state index is 12.7. The first-order valence-electron chi connectivity index (χ1n) is 30.9. The molecule has 0 bridgehead atoms. The Kier molecular flexibility index (Phi) is 58.2. The van der Waals surface area contributed by atoms with Crippen LogP contribution in [-0.2, 0) is 32.7 Å². The molecular weight excluding hydrogens is 966 g/mol. The van der Waals surface area contributed by atoms with Gasteiger partial charge < -0.3 is 20.1 Å². The lowest BCUT2D eigenvalue weighted by atomic mass is 10.0. The third-order valence-electron chi connectivity index (χ3n) is 12.9. The Morgan fingerprint density at radius 3 is 1.09 bits per heavy atom. The predicted octanol–water partition coefficient (Wildman–Crippen LogP) is 19.8. The molecule has 0 heterocycles. The number of rotatable bonds is 57. The van der Waals surface area contributed by atoms with Gasteiger partial charge in [0.05, 0.1) is 13.2 Å². The van der Waals surface area contributed by atoms with Crippen molar-refractivity contribution < 1.29 is 37.6 Å². The van der Waals surface area contributed by atoms with Gasteiger partial charge in [-0.15, -0.1) is 0 Å². The van der Waals surface area contributed by atoms with Crippen molar-refractivity contribution in [2.24, 2.45) is 5.73 Å². The number of ether oxygens (including phenoxy) is 2. The maximum Gasteiger partial charge on any atom is 0.472 e. The minimum Gasteiger partial charge on any atom is -0.462 e. The Labute approximate surface area is 467 Å². The summed E-state index contributed by atoms with van der Waals surface area (Å²) in [5, 5.41) is 0. The fourth-order valence-electron chi connectivity index (χ4n) is 8.35. The van der Waals surface area contributed by atoms with Crippen molar-refractivity contribution in [1.82, 2.24) is 0 Å². The Morgan fingerprint density at radius 2 is 0.724 bits per heavy atom. The lowest BCUT2D eigenvalue weighted by molar-refractivity contribution is -0.161. The zero-order valence-electron chi connectivity index (χ0n) is 48.7. The third kappa shape index (κ3) is 59.9. The second-order valence-electron chi connectivity index (χ2n) is 20.2. The molecule has 0 saturated heterocycles. The van der Waals surface area contributed by atoms with Crippen molar-refractivity contribution in [2.45, 2.75) is 270 Å². The van der Waals surface area contributed by atoms with Crippen LogP contribution in [0, 0.1) is 0 Å². The van der Waals surface area contributed by atoms with Gasteiger partial charge in [-0.3, -0.25) is 18.6 Å². The summed E-state index contributed by atoms with van der Waals surface area (Å²) < 4.78 is 33.0. The van der Waals surface area contributed by atoms with Crippen LogP contribution >= 0.6 is 7.82 Å². The van der Waals surface area contributed by atoms with Gasteiger partial charge in [-0.1, -0.05) is 258 Å². The molecule has 2 unspecified atom stereocenters. The molecule has 436 valence electrons. The van der Waals surface area contributed by atoms with E-state index in [4.69, 9.17) is 24.3 Å². The minimum absolute atomic E-state index is 0.0492. The fraction of sp³-hybridized carbons (Fsp3) is 0.697. The first kappa shape index (κ1) is 72.7. The topological polar surface area (TPSA) is 134 Å². The van der Waals surface area contributed by atoms with Crippen LogP contribution < -0.4 is 5.73 Å². The van der Waals surface area contributed by atoms with Gasteiger partial charge in [0.25, 0.3) is 0 Å². The molecule has 0 amide bonds. The quantitative estimate of drug-likeness (QED) is 0.0264. The Morgan fingerprint density at radius 1 is 0.408 bits per heavy atom. The van der Waals surface area contributed by atoms with E-state index in [-0.39, 0.29) is 38.6 Å². The number of hydrogen-bond acceptors (Lipinski definition) is 8. The lowest BCUT2D eigenvalue weighted by Gasteiger charge is -2.19. The predicted molar refractivity (Wildman–Crippen MR) is 325 cm³/mol. The van der Waals surface area contributed by atoms with E-state index in [0.717, 1.165) is 109 Å². The molecule has 0 aromatic heterocycles. The van der Waals surface area contributed by atoms with Crippen LogP contribution in [-0.4, -0.2) is 49.3 Å². The first-order chi connectivity index (χ1) is 37.3. The maximum absolute atomic E-state index is 12.7. The van der Waals surface area contributed by atoms with Gasteiger partial charge in [0.15, 0.2) is 6.10 Å². The summed E-state index contributed by atoms with van der Waals surface area (Å²) in [6, 6.07) is 0. The summed E-state index contributed by atoms with van der Waals surface area (Å²) in [4.78, 5) is 35.2. The monoisotopic (exact) mass is 1080 g/mol. The van der Waals surface area contributed by atoms with Crippen molar-refractivity contribution in [3.8, 4) is 0 Å². The first-order valence-corrected chi connectivity index (χ1v) is 32.4. The van der Waals surface area contributed by atoms with Crippen molar-refractivity contribution >= 4 is 19.8 Å². The molecule has 0 aliphatic carbocycles. The number of esters is 2. The zero-order chi connectivity index (χ0) is 55.2. The molecule has 2 atom stereocenters. The molecule has 0 saturated carbocycles. The fourth-order valence-corrected chi connectivity index (χ4v) is 9.12. The molecule has 0 radical (unpaired) electrons. The van der Waals surface area contributed by atoms with Crippen LogP contribution in [0.5, 0.6) is 0 Å². The number of phosphoric ester groups is 1. The number of unbranched alkanes of at least 4 members (excludes halogenated alkanes) is 26. The summed E-state index contributed by atoms with van der Waals surface area (Å²) in [5.74, 6) is -0.837. The van der Waals surface area contributed by atoms with E-state index in [1.807, 2.05) is 0 Å². The van der Waals surface area contributed by atoms with Gasteiger partial charge in [-0.25, -0.2) is 4.57 Å². The number of phosphoric acid groups is 1. The molecule has 0 aromatic rings. The van der Waals surface area contributed by atoms with Crippen molar-refractivity contribution in [2.75, 3.05) is 26.4 Å². The second-order valence-corrected chi connectivity index (χ2v) is 21.6. The highest BCUT2D eigenvalue weighted by atomic mass is 31.2. The van der Waals surface area contributed by atoms with E-state index < -0.39 is 26.5 Å². The van der Waals surface area contributed by atoms with E-state index in [2.05, 4.69) is 123 Å². The number of carbonyl (C=O) groups is 2. The molecule has 0 rings (SSSR count). The van der Waals surface area contributed by atoms with Crippen LogP contribution in [0.2, 0.25) is 0 Å². The van der Waals surface area contributed by atoms with E-state index in [1.165, 1.54) is 122 Å². The van der Waals surface area contributed by atoms with E-state index in [9.17, 15) is 19.0 Å². The third-order valence-corrected chi connectivity index (χ3v) is 13.9. The molecule has 3 N–H and O–H groups in total. The normalized spacial score (nSPS) is 13.8. The van der Waals surface area contributed by atoms with Gasteiger partial charge in [0.1, 0.15) is 6.61 Å². The second kappa shape index (κ2) is 60.9. The Bertz CT molecular complexity index is 1610. The Balaban J connectivity index is 3.90. The molecule has 9 nitrogen and oxygen atoms in total. The van der Waals surface area contributed by atoms with Crippen LogP contribution in [0.25, 0.3) is 0 Å². The minimum atomic E-state index is -4.39. The zero-order valence-corrected chi connectivity index (χ0v) is 49.6. The average Bonchev–Trinajstić information content (AvgIpc) is 3.41. The molecule has 0 spiro atoms. The SMILES string of the molecule is CC/C=C\C/C=C\C/C=C\C/C=C\C/C=C\C/C=C\C/C=C\C/C=C\CCCCCCCCCCCCCCCCC(=O)OC(COC(=O)CCCCCCC/C=C\CCCCCCCCC)COP(=O)(O)OCCN. The number of allylic oxidation sites excluding steroid dienone is 18. The van der Waals surface area contributed by atoms with Gasteiger partial charge >= 0.3 is 19.8 Å². The highest BCUT2D eigenvalue weighted by molar-refractivity contribution is 7.47. The highest BCUT2D eigenvalue weighted by Gasteiger charge is 2.26. The summed E-state index contributed by atoms with van der Waals surface area (Å²) in [6.07, 6.45) is 83.0. The Hall–Kier alpha value is -3.33. The van der Waals surface area contributed by atoms with E-state index >= 15 is 0 Å². The molecule has 0 aliphatic rings. The number of carbonyl (C=O) groups excluding carboxylic acids is 2. The largest absolute Gasteiger partial charge is 0.472 e. The van der Waals surface area contributed by atoms with Crippen molar-refractivity contribution in [3.63, 3.8) is 0 Å². The van der Waals surface area contributed by atoms with Crippen LogP contribution in [0.15, 0.2) is 109 Å². The van der Waals surface area contributed by atoms with Gasteiger partial charge in [-0.2, -0.15) is 0 Å². The lowest BCUT2D eigenvalue weighted by Crippen LogP contribution is -2.29. The van der Waals surface area contributed by atoms with Crippen molar-refractivity contribution in [1.29, 1.82) is 0 Å². The molecule has 76 heavy (non-hydrogen) atoms. The number of nitrogens with two attached hydrogens (primary N) is 1. The van der Waals surface area contributed by atoms with Gasteiger partial charge in [0, 0.05) is 19.4 Å². The standard InChI is InChI=1S/C66H114NO8P/c1-3-5-7-9-11-13-15-17-19-21-22-23-24-25-26-27-28-29-30-31-32-33-34-35-36-37-38-39-40-41-42-43-45-47-49-51-53-55-57-59-66(69)75-64(63-74-76(70,71)73-61-60-67)62-72-65(68)58-56-54-52-50-48-46-44-20-18-16-14-12-10-8-6-4-2/h5,7,11,13,17,19-20,22-23,25-26,28-29,31-32,34-35,44,64H,3-4,6,8-10,12,14-16,18,21,24,27,30,33,36-43,45-63,67H2,1-2H3,(H,70,71)/b7-5-,13-11-,19-17-,23-22-,26-25-,29-28-,32-31-,35-34-,44-20-. The van der Waals surface area contributed by atoms with Gasteiger partial charge in [-0.05, 0) is 103 Å². The summed E-state index contributed by atoms with van der Waals surface area (Å²) in [5.41, 5.74) is 5.38. The summed E-state index contributed by atoms with van der Waals surface area (Å²) in [7, 11) is -4.39. The number of hydrogen-bond donors (Lipinski definition) is 2. The average molecular weight is 1080 g/mol. The molecule has 0 aromatic carbocycles.